The molecule has 0 saturated heterocycles. The molecule has 0 radical (unpaired) electrons. The summed E-state index contributed by atoms with van der Waals surface area (Å²) in [5.41, 5.74) is 5.72. The van der Waals surface area contributed by atoms with Gasteiger partial charge in [-0.3, -0.25) is 0 Å². The molecular weight excluding hydrogens is 227 g/mol. The van der Waals surface area contributed by atoms with Crippen molar-refractivity contribution in [2.24, 2.45) is 5.73 Å². The summed E-state index contributed by atoms with van der Waals surface area (Å²) < 4.78 is 1.83. The molecule has 1 aliphatic rings. The molecule has 0 aromatic carbocycles. The average Bonchev–Trinajstić information content (AvgIpc) is 1.85. The minimum absolute atomic E-state index is 0.0167. The molecular formula is C7H10BrClN2. The number of nitrogens with two attached hydrogens (primary N) is 1. The summed E-state index contributed by atoms with van der Waals surface area (Å²) in [6.45, 7) is 1.92. The minimum atomic E-state index is 0.0167. The summed E-state index contributed by atoms with van der Waals surface area (Å²) in [5, 5.41) is 0.763. The third-order valence-electron chi connectivity index (χ3n) is 1.53. The van der Waals surface area contributed by atoms with Gasteiger partial charge in [0.2, 0.25) is 0 Å². The maximum Gasteiger partial charge on any atom is 0.0903 e. The fourth-order valence-corrected chi connectivity index (χ4v) is 2.23. The second-order valence-corrected chi connectivity index (χ2v) is 3.80. The molecule has 2 N–H and O–H groups in total. The lowest BCUT2D eigenvalue weighted by Crippen LogP contribution is -2.40. The van der Waals surface area contributed by atoms with E-state index in [2.05, 4.69) is 16.1 Å². The number of hydrogen-bond donors (Lipinski definition) is 1. The van der Waals surface area contributed by atoms with Crippen molar-refractivity contribution in [1.82, 2.24) is 3.93 Å². The van der Waals surface area contributed by atoms with Crippen LogP contribution in [0.2, 0.25) is 0 Å². The maximum absolute atomic E-state index is 5.93. The first-order valence-corrected chi connectivity index (χ1v) is 4.45. The van der Waals surface area contributed by atoms with E-state index in [1.807, 2.05) is 29.2 Å². The molecule has 0 spiro atoms. The van der Waals surface area contributed by atoms with Crippen LogP contribution in [-0.4, -0.2) is 16.0 Å². The largest absolute Gasteiger partial charge is 0.326 e. The van der Waals surface area contributed by atoms with E-state index in [-0.39, 0.29) is 12.1 Å². The lowest BCUT2D eigenvalue weighted by molar-refractivity contribution is 0.453. The van der Waals surface area contributed by atoms with Crippen LogP contribution in [0.3, 0.4) is 0 Å². The number of rotatable bonds is 1. The zero-order chi connectivity index (χ0) is 8.43. The Hall–Kier alpha value is 0.01000. The first kappa shape index (κ1) is 9.10. The maximum atomic E-state index is 5.93. The SMILES string of the molecule is CC(N)C1C(Cl)=CC=CN1Br. The molecule has 11 heavy (non-hydrogen) atoms. The van der Waals surface area contributed by atoms with E-state index in [4.69, 9.17) is 17.3 Å². The van der Waals surface area contributed by atoms with Crippen molar-refractivity contribution in [3.05, 3.63) is 23.4 Å². The minimum Gasteiger partial charge on any atom is -0.326 e. The fourth-order valence-electron chi connectivity index (χ4n) is 1.00. The van der Waals surface area contributed by atoms with Gasteiger partial charge in [-0.1, -0.05) is 11.6 Å². The predicted molar refractivity (Wildman–Crippen MR) is 51.3 cm³/mol. The highest BCUT2D eigenvalue weighted by Gasteiger charge is 2.22. The Morgan fingerprint density at radius 1 is 1.82 bits per heavy atom. The number of allylic oxidation sites excluding steroid dienone is 2. The summed E-state index contributed by atoms with van der Waals surface area (Å²) >= 11 is 9.27. The molecule has 0 aliphatic carbocycles. The summed E-state index contributed by atoms with van der Waals surface area (Å²) in [6, 6.07) is 0.0738. The molecule has 2 nitrogen and oxygen atoms in total. The van der Waals surface area contributed by atoms with Gasteiger partial charge >= 0.3 is 0 Å². The Morgan fingerprint density at radius 2 is 2.45 bits per heavy atom. The summed E-state index contributed by atoms with van der Waals surface area (Å²) in [7, 11) is 0. The van der Waals surface area contributed by atoms with Crippen LogP contribution in [0.1, 0.15) is 6.92 Å². The van der Waals surface area contributed by atoms with Crippen LogP contribution in [0, 0.1) is 0 Å². The second kappa shape index (κ2) is 3.61. The molecule has 1 rings (SSSR count). The molecule has 1 aliphatic heterocycles. The van der Waals surface area contributed by atoms with Gasteiger partial charge in [0.15, 0.2) is 0 Å². The van der Waals surface area contributed by atoms with E-state index >= 15 is 0 Å². The van der Waals surface area contributed by atoms with Crippen LogP contribution in [0.5, 0.6) is 0 Å². The van der Waals surface area contributed by atoms with Crippen LogP contribution >= 0.6 is 27.7 Å². The van der Waals surface area contributed by atoms with Crippen LogP contribution in [0.15, 0.2) is 23.4 Å². The van der Waals surface area contributed by atoms with E-state index in [1.54, 1.807) is 0 Å². The molecule has 2 unspecified atom stereocenters. The summed E-state index contributed by atoms with van der Waals surface area (Å²) in [4.78, 5) is 0. The van der Waals surface area contributed by atoms with Gasteiger partial charge in [0.1, 0.15) is 0 Å². The van der Waals surface area contributed by atoms with E-state index in [0.29, 0.717) is 0 Å². The van der Waals surface area contributed by atoms with Gasteiger partial charge in [-0.2, -0.15) is 0 Å². The normalized spacial score (nSPS) is 26.7. The summed E-state index contributed by atoms with van der Waals surface area (Å²) in [6.07, 6.45) is 5.61. The molecule has 0 bridgehead atoms. The van der Waals surface area contributed by atoms with Gasteiger partial charge in [0.05, 0.1) is 6.04 Å². The first-order chi connectivity index (χ1) is 5.13. The van der Waals surface area contributed by atoms with Crippen molar-refractivity contribution >= 4 is 27.7 Å². The Morgan fingerprint density at radius 3 is 2.82 bits per heavy atom. The molecule has 2 atom stereocenters. The van der Waals surface area contributed by atoms with Crippen molar-refractivity contribution < 1.29 is 0 Å². The second-order valence-electron chi connectivity index (χ2n) is 2.54. The molecule has 0 saturated carbocycles. The zero-order valence-corrected chi connectivity index (χ0v) is 8.51. The number of nitrogens with zero attached hydrogens (tertiary/aromatic N) is 1. The van der Waals surface area contributed by atoms with Crippen molar-refractivity contribution in [3.8, 4) is 0 Å². The Kier molecular flexibility index (Phi) is 2.98. The van der Waals surface area contributed by atoms with Crippen molar-refractivity contribution in [2.75, 3.05) is 0 Å². The predicted octanol–water partition coefficient (Wildman–Crippen LogP) is 1.96. The van der Waals surface area contributed by atoms with E-state index < -0.39 is 0 Å². The number of halogens is 2. The smallest absolute Gasteiger partial charge is 0.0903 e. The molecule has 0 fully saturated rings. The van der Waals surface area contributed by atoms with Crippen LogP contribution in [-0.2, 0) is 0 Å². The van der Waals surface area contributed by atoms with Crippen LogP contribution in [0.25, 0.3) is 0 Å². The van der Waals surface area contributed by atoms with Gasteiger partial charge < -0.3 is 9.66 Å². The zero-order valence-electron chi connectivity index (χ0n) is 6.17. The first-order valence-electron chi connectivity index (χ1n) is 3.36. The Labute approximate surface area is 80.0 Å². The van der Waals surface area contributed by atoms with Crippen molar-refractivity contribution in [2.45, 2.75) is 19.0 Å². The monoisotopic (exact) mass is 236 g/mol. The third-order valence-corrected chi connectivity index (χ3v) is 2.56. The summed E-state index contributed by atoms with van der Waals surface area (Å²) in [5.74, 6) is 0. The topological polar surface area (TPSA) is 29.3 Å². The highest BCUT2D eigenvalue weighted by atomic mass is 79.9. The van der Waals surface area contributed by atoms with Gasteiger partial charge in [-0.15, -0.1) is 0 Å². The van der Waals surface area contributed by atoms with Gasteiger partial charge in [0, 0.05) is 33.4 Å². The van der Waals surface area contributed by atoms with E-state index in [0.717, 1.165) is 5.03 Å². The van der Waals surface area contributed by atoms with Crippen molar-refractivity contribution in [3.63, 3.8) is 0 Å². The van der Waals surface area contributed by atoms with Crippen LogP contribution in [0.4, 0.5) is 0 Å². The number of hydrogen-bond acceptors (Lipinski definition) is 2. The highest BCUT2D eigenvalue weighted by molar-refractivity contribution is 9.07. The average molecular weight is 238 g/mol. The Balaban J connectivity index is 2.78. The van der Waals surface area contributed by atoms with Crippen LogP contribution < -0.4 is 5.73 Å². The van der Waals surface area contributed by atoms with Gasteiger partial charge in [0.25, 0.3) is 0 Å². The molecule has 62 valence electrons. The van der Waals surface area contributed by atoms with Gasteiger partial charge in [-0.05, 0) is 19.1 Å². The standard InChI is InChI=1S/C7H10BrClN2/c1-5(10)7-6(9)3-2-4-11(7)8/h2-5,7H,10H2,1H3. The van der Waals surface area contributed by atoms with Crippen molar-refractivity contribution in [1.29, 1.82) is 0 Å². The molecule has 0 amide bonds. The lowest BCUT2D eigenvalue weighted by atomic mass is 10.1. The van der Waals surface area contributed by atoms with Gasteiger partial charge in [-0.25, -0.2) is 0 Å². The third kappa shape index (κ3) is 1.98. The fraction of sp³-hybridized carbons (Fsp3) is 0.429. The lowest BCUT2D eigenvalue weighted by Gasteiger charge is -2.29. The highest BCUT2D eigenvalue weighted by Crippen LogP contribution is 2.24. The molecule has 4 heteroatoms. The van der Waals surface area contributed by atoms with E-state index in [9.17, 15) is 0 Å². The Bertz CT molecular complexity index is 201. The molecule has 0 aromatic heterocycles. The molecule has 1 heterocycles. The molecule has 0 aromatic rings. The van der Waals surface area contributed by atoms with E-state index in [1.165, 1.54) is 0 Å². The quantitative estimate of drug-likeness (QED) is 0.707.